The lowest BCUT2D eigenvalue weighted by Crippen LogP contribution is -2.25. The SMILES string of the molecule is CC(CO)Cn1cc(C(F)(F)F)ccc1=O. The number of hydrogen-bond donors (Lipinski definition) is 1. The molecule has 6 heteroatoms. The summed E-state index contributed by atoms with van der Waals surface area (Å²) in [5.41, 5.74) is -1.37. The smallest absolute Gasteiger partial charge is 0.396 e. The van der Waals surface area contributed by atoms with Gasteiger partial charge in [0, 0.05) is 25.4 Å². The standard InChI is InChI=1S/C10H12F3NO2/c1-7(6-15)4-14-5-8(10(11,12)13)2-3-9(14)16/h2-3,5,7,15H,4,6H2,1H3. The third-order valence-corrected chi connectivity index (χ3v) is 2.13. The van der Waals surface area contributed by atoms with Crippen molar-refractivity contribution in [3.8, 4) is 0 Å². The van der Waals surface area contributed by atoms with Crippen molar-refractivity contribution in [2.24, 2.45) is 5.92 Å². The van der Waals surface area contributed by atoms with E-state index in [1.54, 1.807) is 6.92 Å². The van der Waals surface area contributed by atoms with Crippen molar-refractivity contribution in [2.45, 2.75) is 19.6 Å². The summed E-state index contributed by atoms with van der Waals surface area (Å²) in [6, 6.07) is 1.63. The Morgan fingerprint density at radius 3 is 2.56 bits per heavy atom. The predicted molar refractivity (Wildman–Crippen MR) is 52.0 cm³/mol. The van der Waals surface area contributed by atoms with Gasteiger partial charge in [0.25, 0.3) is 5.56 Å². The minimum atomic E-state index is -4.46. The molecular weight excluding hydrogens is 223 g/mol. The highest BCUT2D eigenvalue weighted by Crippen LogP contribution is 2.28. The molecule has 16 heavy (non-hydrogen) atoms. The Bertz CT molecular complexity index is 411. The second-order valence-electron chi connectivity index (χ2n) is 3.69. The molecule has 0 saturated carbocycles. The van der Waals surface area contributed by atoms with Crippen LogP contribution in [0.5, 0.6) is 0 Å². The molecule has 0 aromatic carbocycles. The van der Waals surface area contributed by atoms with Gasteiger partial charge in [-0.15, -0.1) is 0 Å². The Morgan fingerprint density at radius 2 is 2.06 bits per heavy atom. The van der Waals surface area contributed by atoms with Crippen LogP contribution in [-0.4, -0.2) is 16.3 Å². The maximum atomic E-state index is 12.4. The van der Waals surface area contributed by atoms with Gasteiger partial charge in [0.2, 0.25) is 0 Å². The van der Waals surface area contributed by atoms with Crippen LogP contribution in [0.25, 0.3) is 0 Å². The number of aliphatic hydroxyl groups excluding tert-OH is 1. The molecule has 1 unspecified atom stereocenters. The van der Waals surface area contributed by atoms with Crippen molar-refractivity contribution < 1.29 is 18.3 Å². The number of hydrogen-bond acceptors (Lipinski definition) is 2. The Kier molecular flexibility index (Phi) is 3.74. The van der Waals surface area contributed by atoms with E-state index >= 15 is 0 Å². The van der Waals surface area contributed by atoms with Crippen LogP contribution in [0.1, 0.15) is 12.5 Å². The average molecular weight is 235 g/mol. The van der Waals surface area contributed by atoms with Gasteiger partial charge in [0.15, 0.2) is 0 Å². The number of rotatable bonds is 3. The van der Waals surface area contributed by atoms with Crippen LogP contribution in [0.3, 0.4) is 0 Å². The molecule has 0 aliphatic rings. The molecule has 0 bridgehead atoms. The lowest BCUT2D eigenvalue weighted by Gasteiger charge is -2.13. The Labute approximate surface area is 90.1 Å². The topological polar surface area (TPSA) is 42.2 Å². The molecular formula is C10H12F3NO2. The number of nitrogens with zero attached hydrogens (tertiary/aromatic N) is 1. The van der Waals surface area contributed by atoms with E-state index in [-0.39, 0.29) is 19.1 Å². The summed E-state index contributed by atoms with van der Waals surface area (Å²) >= 11 is 0. The van der Waals surface area contributed by atoms with Gasteiger partial charge < -0.3 is 9.67 Å². The second-order valence-corrected chi connectivity index (χ2v) is 3.69. The fraction of sp³-hybridized carbons (Fsp3) is 0.500. The highest BCUT2D eigenvalue weighted by molar-refractivity contribution is 5.13. The monoisotopic (exact) mass is 235 g/mol. The van der Waals surface area contributed by atoms with Crippen molar-refractivity contribution in [1.29, 1.82) is 0 Å². The Hall–Kier alpha value is -1.30. The van der Waals surface area contributed by atoms with Crippen LogP contribution in [-0.2, 0) is 12.7 Å². The van der Waals surface area contributed by atoms with Gasteiger partial charge >= 0.3 is 6.18 Å². The molecule has 0 aliphatic carbocycles. The zero-order valence-corrected chi connectivity index (χ0v) is 8.66. The first-order valence-electron chi connectivity index (χ1n) is 4.73. The molecule has 1 heterocycles. The summed E-state index contributed by atoms with van der Waals surface area (Å²) in [6.45, 7) is 1.54. The maximum absolute atomic E-state index is 12.4. The number of aromatic nitrogens is 1. The fourth-order valence-electron chi connectivity index (χ4n) is 1.24. The summed E-state index contributed by atoms with van der Waals surface area (Å²) in [5, 5.41) is 8.78. The van der Waals surface area contributed by atoms with Crippen molar-refractivity contribution in [1.82, 2.24) is 4.57 Å². The predicted octanol–water partition coefficient (Wildman–Crippen LogP) is 1.50. The van der Waals surface area contributed by atoms with E-state index in [0.29, 0.717) is 0 Å². The Morgan fingerprint density at radius 1 is 1.44 bits per heavy atom. The summed E-state index contributed by atoms with van der Waals surface area (Å²) in [4.78, 5) is 11.3. The van der Waals surface area contributed by atoms with E-state index in [4.69, 9.17) is 5.11 Å². The van der Waals surface area contributed by atoms with Gasteiger partial charge in [0.05, 0.1) is 5.56 Å². The summed E-state index contributed by atoms with van der Waals surface area (Å²) < 4.78 is 38.0. The number of aliphatic hydroxyl groups is 1. The first-order chi connectivity index (χ1) is 7.34. The van der Waals surface area contributed by atoms with Gasteiger partial charge in [-0.05, 0) is 12.0 Å². The van der Waals surface area contributed by atoms with Crippen LogP contribution >= 0.6 is 0 Å². The van der Waals surface area contributed by atoms with E-state index in [1.807, 2.05) is 0 Å². The van der Waals surface area contributed by atoms with E-state index in [1.165, 1.54) is 0 Å². The van der Waals surface area contributed by atoms with Crippen molar-refractivity contribution >= 4 is 0 Å². The van der Waals surface area contributed by atoms with Gasteiger partial charge in [0.1, 0.15) is 0 Å². The lowest BCUT2D eigenvalue weighted by atomic mass is 10.2. The second kappa shape index (κ2) is 4.69. The largest absolute Gasteiger partial charge is 0.417 e. The van der Waals surface area contributed by atoms with Crippen LogP contribution in [0.15, 0.2) is 23.1 Å². The molecule has 1 aromatic rings. The van der Waals surface area contributed by atoms with Gasteiger partial charge in [-0.2, -0.15) is 13.2 Å². The molecule has 0 amide bonds. The molecule has 1 rings (SSSR count). The molecule has 0 radical (unpaired) electrons. The summed E-state index contributed by atoms with van der Waals surface area (Å²) in [7, 11) is 0. The van der Waals surface area contributed by atoms with Crippen molar-refractivity contribution in [3.05, 3.63) is 34.2 Å². The van der Waals surface area contributed by atoms with E-state index in [2.05, 4.69) is 0 Å². The average Bonchev–Trinajstić information content (AvgIpc) is 2.19. The highest BCUT2D eigenvalue weighted by Gasteiger charge is 2.31. The molecule has 1 N–H and O–H groups in total. The minimum absolute atomic E-state index is 0.0687. The molecule has 3 nitrogen and oxygen atoms in total. The molecule has 0 aliphatic heterocycles. The molecule has 1 atom stereocenters. The van der Waals surface area contributed by atoms with Gasteiger partial charge in [-0.25, -0.2) is 0 Å². The molecule has 0 saturated heterocycles. The molecule has 90 valence electrons. The summed E-state index contributed by atoms with van der Waals surface area (Å²) in [6.07, 6.45) is -3.69. The normalized spacial score (nSPS) is 13.8. The van der Waals surface area contributed by atoms with Crippen LogP contribution in [0, 0.1) is 5.92 Å². The van der Waals surface area contributed by atoms with Crippen LogP contribution in [0.2, 0.25) is 0 Å². The van der Waals surface area contributed by atoms with E-state index < -0.39 is 17.3 Å². The molecule has 1 aromatic heterocycles. The van der Waals surface area contributed by atoms with E-state index in [9.17, 15) is 18.0 Å². The van der Waals surface area contributed by atoms with Crippen molar-refractivity contribution in [3.63, 3.8) is 0 Å². The first-order valence-corrected chi connectivity index (χ1v) is 4.73. The third kappa shape index (κ3) is 3.10. The third-order valence-electron chi connectivity index (χ3n) is 2.13. The lowest BCUT2D eigenvalue weighted by molar-refractivity contribution is -0.138. The van der Waals surface area contributed by atoms with Crippen molar-refractivity contribution in [2.75, 3.05) is 6.61 Å². The van der Waals surface area contributed by atoms with Gasteiger partial charge in [-0.1, -0.05) is 6.92 Å². The molecule has 0 fully saturated rings. The number of halogens is 3. The van der Waals surface area contributed by atoms with Gasteiger partial charge in [-0.3, -0.25) is 4.79 Å². The molecule has 0 spiro atoms. The van der Waals surface area contributed by atoms with E-state index in [0.717, 1.165) is 22.9 Å². The summed E-state index contributed by atoms with van der Waals surface area (Å²) in [5.74, 6) is -0.263. The van der Waals surface area contributed by atoms with Crippen LogP contribution in [0.4, 0.5) is 13.2 Å². The minimum Gasteiger partial charge on any atom is -0.396 e. The Balaban J connectivity index is 3.05. The zero-order chi connectivity index (χ0) is 12.3. The fourth-order valence-corrected chi connectivity index (χ4v) is 1.24. The number of pyridine rings is 1. The number of alkyl halides is 3. The first kappa shape index (κ1) is 12.8. The van der Waals surface area contributed by atoms with Crippen LogP contribution < -0.4 is 5.56 Å². The quantitative estimate of drug-likeness (QED) is 0.862. The maximum Gasteiger partial charge on any atom is 0.417 e. The highest BCUT2D eigenvalue weighted by atomic mass is 19.4. The zero-order valence-electron chi connectivity index (χ0n) is 8.66.